The molecule has 0 saturated heterocycles. The lowest BCUT2D eigenvalue weighted by Gasteiger charge is -2.11. The van der Waals surface area contributed by atoms with Crippen LogP contribution in [0.2, 0.25) is 0 Å². The lowest BCUT2D eigenvalue weighted by molar-refractivity contribution is -0.142. The first kappa shape index (κ1) is 21.4. The molecule has 0 fully saturated rings. The van der Waals surface area contributed by atoms with Crippen molar-refractivity contribution >= 4 is 23.6 Å². The number of anilines is 1. The summed E-state index contributed by atoms with van der Waals surface area (Å²) in [5.41, 5.74) is 3.42. The summed E-state index contributed by atoms with van der Waals surface area (Å²) >= 11 is 0. The van der Waals surface area contributed by atoms with Crippen molar-refractivity contribution in [1.29, 1.82) is 0 Å². The Hall–Kier alpha value is -3.80. The van der Waals surface area contributed by atoms with Crippen molar-refractivity contribution in [3.63, 3.8) is 0 Å². The Morgan fingerprint density at radius 1 is 0.969 bits per heavy atom. The molecule has 3 aromatic rings. The third kappa shape index (κ3) is 4.44. The van der Waals surface area contributed by atoms with Gasteiger partial charge in [0.25, 0.3) is 5.91 Å². The molecule has 0 atom stereocenters. The Kier molecular flexibility index (Phi) is 5.86. The van der Waals surface area contributed by atoms with E-state index < -0.39 is 23.5 Å². The van der Waals surface area contributed by atoms with Gasteiger partial charge in [-0.3, -0.25) is 4.79 Å². The summed E-state index contributed by atoms with van der Waals surface area (Å²) < 4.78 is 33.3. The number of carbonyl (C=O) groups is 2. The number of nitrogens with one attached hydrogen (secondary N) is 1. The summed E-state index contributed by atoms with van der Waals surface area (Å²) in [6.07, 6.45) is 1.85. The maximum absolute atomic E-state index is 14.5. The van der Waals surface area contributed by atoms with Gasteiger partial charge in [-0.05, 0) is 66.9 Å². The Balaban J connectivity index is 1.61. The van der Waals surface area contributed by atoms with Crippen LogP contribution in [-0.4, -0.2) is 18.0 Å². The number of rotatable bonds is 5. The number of amides is 1. The molecule has 0 saturated carbocycles. The average molecular weight is 433 g/mol. The Morgan fingerprint density at radius 3 is 2.47 bits per heavy atom. The summed E-state index contributed by atoms with van der Waals surface area (Å²) in [4.78, 5) is 25.2. The molecule has 0 heterocycles. The first-order chi connectivity index (χ1) is 15.3. The molecule has 0 aromatic heterocycles. The second-order valence-electron chi connectivity index (χ2n) is 7.84. The smallest absolute Gasteiger partial charge is 0.334 e. The lowest BCUT2D eigenvalue weighted by atomic mass is 10.0. The van der Waals surface area contributed by atoms with Gasteiger partial charge in [0.15, 0.2) is 0 Å². The maximum Gasteiger partial charge on any atom is 0.334 e. The fourth-order valence-electron chi connectivity index (χ4n) is 3.63. The van der Waals surface area contributed by atoms with Crippen LogP contribution < -0.4 is 5.32 Å². The molecule has 0 spiro atoms. The number of carbonyl (C=O) groups excluding carboxylic acids is 2. The van der Waals surface area contributed by atoms with E-state index in [4.69, 9.17) is 4.74 Å². The predicted molar refractivity (Wildman–Crippen MR) is 119 cm³/mol. The molecule has 4 rings (SSSR count). The zero-order valence-electron chi connectivity index (χ0n) is 17.6. The minimum absolute atomic E-state index is 0.161. The van der Waals surface area contributed by atoms with E-state index in [-0.39, 0.29) is 11.7 Å². The van der Waals surface area contributed by atoms with Gasteiger partial charge < -0.3 is 10.1 Å². The van der Waals surface area contributed by atoms with Crippen molar-refractivity contribution in [3.05, 3.63) is 94.6 Å². The van der Waals surface area contributed by atoms with Gasteiger partial charge in [0.1, 0.15) is 11.6 Å². The fourth-order valence-corrected chi connectivity index (χ4v) is 3.63. The highest BCUT2D eigenvalue weighted by atomic mass is 19.1. The minimum Gasteiger partial charge on any atom is -0.460 e. The number of halogens is 2. The van der Waals surface area contributed by atoms with Gasteiger partial charge in [-0.2, -0.15) is 0 Å². The zero-order valence-corrected chi connectivity index (χ0v) is 17.6. The quantitative estimate of drug-likeness (QED) is 0.520. The summed E-state index contributed by atoms with van der Waals surface area (Å²) in [5.74, 6) is -2.15. The minimum atomic E-state index is -0.688. The number of hydrogen-bond donors (Lipinski definition) is 1. The van der Waals surface area contributed by atoms with E-state index in [1.807, 2.05) is 6.07 Å². The monoisotopic (exact) mass is 433 g/mol. The molecule has 1 N–H and O–H groups in total. The fraction of sp³-hybridized carbons (Fsp3) is 0.154. The van der Waals surface area contributed by atoms with E-state index in [1.54, 1.807) is 44.2 Å². The van der Waals surface area contributed by atoms with Gasteiger partial charge >= 0.3 is 5.97 Å². The van der Waals surface area contributed by atoms with Crippen molar-refractivity contribution in [2.75, 3.05) is 5.32 Å². The van der Waals surface area contributed by atoms with Crippen LogP contribution in [0.1, 0.15) is 35.3 Å². The summed E-state index contributed by atoms with van der Waals surface area (Å²) in [5, 5.41) is 2.74. The van der Waals surface area contributed by atoms with E-state index in [9.17, 15) is 18.4 Å². The van der Waals surface area contributed by atoms with Crippen molar-refractivity contribution in [2.45, 2.75) is 26.4 Å². The second kappa shape index (κ2) is 8.75. The molecule has 3 aromatic carbocycles. The van der Waals surface area contributed by atoms with Crippen molar-refractivity contribution in [1.82, 2.24) is 0 Å². The number of fused-ring (bicyclic) bond motifs is 1. The zero-order chi connectivity index (χ0) is 22.8. The number of esters is 1. The van der Waals surface area contributed by atoms with Crippen LogP contribution in [0.5, 0.6) is 0 Å². The third-order valence-electron chi connectivity index (χ3n) is 5.12. The van der Waals surface area contributed by atoms with E-state index in [0.717, 1.165) is 5.56 Å². The summed E-state index contributed by atoms with van der Waals surface area (Å²) in [6.45, 7) is 3.55. The molecule has 0 unspecified atom stereocenters. The third-order valence-corrected chi connectivity index (χ3v) is 5.12. The molecule has 1 amide bonds. The maximum atomic E-state index is 14.5. The van der Waals surface area contributed by atoms with Crippen LogP contribution in [-0.2, 0) is 16.0 Å². The van der Waals surface area contributed by atoms with Gasteiger partial charge in [0.2, 0.25) is 0 Å². The first-order valence-electron chi connectivity index (χ1n) is 10.2. The Bertz CT molecular complexity index is 1250. The molecule has 4 nitrogen and oxygen atoms in total. The van der Waals surface area contributed by atoms with Crippen LogP contribution in [0.4, 0.5) is 14.5 Å². The highest BCUT2D eigenvalue weighted by Gasteiger charge is 2.23. The van der Waals surface area contributed by atoms with Gasteiger partial charge in [-0.25, -0.2) is 13.6 Å². The van der Waals surface area contributed by atoms with Crippen molar-refractivity contribution in [2.24, 2.45) is 0 Å². The molecular weight excluding hydrogens is 412 g/mol. The van der Waals surface area contributed by atoms with Crippen LogP contribution in [0, 0.1) is 11.6 Å². The molecule has 6 heteroatoms. The first-order valence-corrected chi connectivity index (χ1v) is 10.2. The number of benzene rings is 3. The van der Waals surface area contributed by atoms with Crippen molar-refractivity contribution < 1.29 is 23.1 Å². The van der Waals surface area contributed by atoms with Crippen LogP contribution in [0.3, 0.4) is 0 Å². The predicted octanol–water partition coefficient (Wildman–Crippen LogP) is 5.78. The molecule has 32 heavy (non-hydrogen) atoms. The lowest BCUT2D eigenvalue weighted by Crippen LogP contribution is -2.15. The highest BCUT2D eigenvalue weighted by molar-refractivity contribution is 6.07. The normalized spacial score (nSPS) is 12.3. The van der Waals surface area contributed by atoms with Gasteiger partial charge in [-0.1, -0.05) is 30.3 Å². The van der Waals surface area contributed by atoms with E-state index >= 15 is 0 Å². The number of ether oxygens (including phenoxy) is 1. The Labute approximate surface area is 184 Å². The van der Waals surface area contributed by atoms with Gasteiger partial charge in [0, 0.05) is 23.2 Å². The molecule has 162 valence electrons. The molecule has 1 aliphatic rings. The topological polar surface area (TPSA) is 55.4 Å². The molecule has 0 bridgehead atoms. The molecule has 1 aliphatic carbocycles. The number of hydrogen-bond acceptors (Lipinski definition) is 3. The van der Waals surface area contributed by atoms with E-state index in [0.29, 0.717) is 34.4 Å². The van der Waals surface area contributed by atoms with Crippen molar-refractivity contribution in [3.8, 4) is 11.1 Å². The molecule has 0 radical (unpaired) electrons. The summed E-state index contributed by atoms with van der Waals surface area (Å²) in [7, 11) is 0. The van der Waals surface area contributed by atoms with Gasteiger partial charge in [0.05, 0.1) is 11.7 Å². The summed E-state index contributed by atoms with van der Waals surface area (Å²) in [6, 6.07) is 15.3. The van der Waals surface area contributed by atoms with Crippen LogP contribution in [0.25, 0.3) is 17.2 Å². The van der Waals surface area contributed by atoms with Crippen LogP contribution >= 0.6 is 0 Å². The van der Waals surface area contributed by atoms with Gasteiger partial charge in [-0.15, -0.1) is 0 Å². The Morgan fingerprint density at radius 2 is 1.72 bits per heavy atom. The molecule has 0 aliphatic heterocycles. The van der Waals surface area contributed by atoms with E-state index in [1.165, 1.54) is 30.3 Å². The molecular formula is C26H21F2NO3. The average Bonchev–Trinajstić information content (AvgIpc) is 3.19. The second-order valence-corrected chi connectivity index (χ2v) is 7.84. The highest BCUT2D eigenvalue weighted by Crippen LogP contribution is 2.32. The largest absolute Gasteiger partial charge is 0.460 e. The van der Waals surface area contributed by atoms with E-state index in [2.05, 4.69) is 5.32 Å². The van der Waals surface area contributed by atoms with Crippen LogP contribution in [0.15, 0.2) is 66.2 Å². The standard InChI is InChI=1S/C26H21F2NO3/c1-15(2)32-26(31)19-11-18-6-4-8-24(21(18)14-19)29-25(30)22-13-17(9-10-23(22)28)16-5-3-7-20(27)12-16/h3-10,12-15H,11H2,1-2H3,(H,29,30). The SMILES string of the molecule is CC(C)OC(=O)C1=Cc2c(cccc2NC(=O)c2cc(-c3cccc(F)c3)ccc2F)C1.